The van der Waals surface area contributed by atoms with Gasteiger partial charge in [-0.15, -0.1) is 0 Å². The van der Waals surface area contributed by atoms with E-state index in [1.165, 1.54) is 0 Å². The van der Waals surface area contributed by atoms with E-state index in [1.807, 2.05) is 12.1 Å². The Morgan fingerprint density at radius 3 is 2.43 bits per heavy atom. The first-order valence-corrected chi connectivity index (χ1v) is 14.9. The maximum absolute atomic E-state index is 13.1. The molecule has 222 valence electrons. The largest absolute Gasteiger partial charge is 0.490 e. The summed E-state index contributed by atoms with van der Waals surface area (Å²) in [5.41, 5.74) is 6.96. The van der Waals surface area contributed by atoms with Crippen molar-refractivity contribution in [2.45, 2.75) is 76.6 Å². The Labute approximate surface area is 245 Å². The lowest BCUT2D eigenvalue weighted by Crippen LogP contribution is -2.54. The van der Waals surface area contributed by atoms with Gasteiger partial charge in [0.15, 0.2) is 0 Å². The van der Waals surface area contributed by atoms with Gasteiger partial charge in [0.05, 0.1) is 23.0 Å². The van der Waals surface area contributed by atoms with E-state index in [4.69, 9.17) is 10.5 Å². The van der Waals surface area contributed by atoms with Gasteiger partial charge in [0.2, 0.25) is 11.8 Å². The number of pyridine rings is 1. The highest BCUT2D eigenvalue weighted by Gasteiger charge is 2.45. The number of nitrogen functional groups attached to an aromatic ring is 1. The Hall–Kier alpha value is -3.99. The van der Waals surface area contributed by atoms with Gasteiger partial charge in [0.1, 0.15) is 23.7 Å². The standard InChI is InChI=1S/C31H38N6O5/c1-18(2)36(17-19-9-11-35(12-10-19)27-7-3-20(32)16-33-27)21-13-23(14-21)42-22-4-5-24-25(15-22)31(41)37(30(24)40)26-6-8-28(38)34-29(26)39/h3-5,7,15-16,18-19,21,23,26H,6,8-14,17,32H2,1-2H3,(H,34,38,39)/t21-,23-,26?. The summed E-state index contributed by atoms with van der Waals surface area (Å²) in [7, 11) is 0. The second-order valence-electron chi connectivity index (χ2n) is 12.2. The van der Waals surface area contributed by atoms with Crippen molar-refractivity contribution in [1.82, 2.24) is 20.1 Å². The molecule has 3 aliphatic heterocycles. The highest BCUT2D eigenvalue weighted by atomic mass is 16.5. The number of hydrogen-bond donors (Lipinski definition) is 2. The molecule has 3 fully saturated rings. The normalized spacial score (nSPS) is 24.7. The summed E-state index contributed by atoms with van der Waals surface area (Å²) in [6, 6.07) is 8.71. The molecule has 0 radical (unpaired) electrons. The summed E-state index contributed by atoms with van der Waals surface area (Å²) < 4.78 is 6.24. The molecule has 3 N–H and O–H groups in total. The summed E-state index contributed by atoms with van der Waals surface area (Å²) in [4.78, 5) is 60.3. The third-order valence-electron chi connectivity index (χ3n) is 9.09. The Kier molecular flexibility index (Phi) is 7.61. The van der Waals surface area contributed by atoms with Gasteiger partial charge in [-0.2, -0.15) is 0 Å². The molecule has 0 bridgehead atoms. The molecule has 4 aliphatic rings. The average Bonchev–Trinajstić information content (AvgIpc) is 3.19. The van der Waals surface area contributed by atoms with Gasteiger partial charge in [-0.3, -0.25) is 34.3 Å². The molecular weight excluding hydrogens is 536 g/mol. The Morgan fingerprint density at radius 1 is 1.02 bits per heavy atom. The Balaban J connectivity index is 1.02. The molecule has 1 aromatic carbocycles. The molecule has 4 heterocycles. The predicted octanol–water partition coefficient (Wildman–Crippen LogP) is 2.60. The maximum Gasteiger partial charge on any atom is 0.262 e. The second kappa shape index (κ2) is 11.4. The molecule has 4 amide bonds. The summed E-state index contributed by atoms with van der Waals surface area (Å²) in [5, 5.41) is 2.22. The molecule has 1 saturated carbocycles. The van der Waals surface area contributed by atoms with Crippen molar-refractivity contribution in [2.24, 2.45) is 5.92 Å². The van der Waals surface area contributed by atoms with Crippen LogP contribution >= 0.6 is 0 Å². The summed E-state index contributed by atoms with van der Waals surface area (Å²) >= 11 is 0. The number of carbonyl (C=O) groups is 4. The van der Waals surface area contributed by atoms with Crippen LogP contribution in [0.15, 0.2) is 36.5 Å². The smallest absolute Gasteiger partial charge is 0.262 e. The number of rotatable bonds is 8. The van der Waals surface area contributed by atoms with Crippen LogP contribution in [0, 0.1) is 5.92 Å². The van der Waals surface area contributed by atoms with Crippen molar-refractivity contribution in [2.75, 3.05) is 30.3 Å². The zero-order valence-corrected chi connectivity index (χ0v) is 24.1. The summed E-state index contributed by atoms with van der Waals surface area (Å²) in [6.07, 6.45) is 6.03. The Bertz CT molecular complexity index is 1380. The van der Waals surface area contributed by atoms with E-state index in [0.29, 0.717) is 29.4 Å². The molecule has 1 atom stereocenters. The fourth-order valence-electron chi connectivity index (χ4n) is 6.63. The van der Waals surface area contributed by atoms with Crippen LogP contribution < -0.4 is 20.7 Å². The molecule has 11 nitrogen and oxygen atoms in total. The molecule has 2 saturated heterocycles. The van der Waals surface area contributed by atoms with E-state index in [1.54, 1.807) is 24.4 Å². The number of fused-ring (bicyclic) bond motifs is 1. The van der Waals surface area contributed by atoms with Crippen molar-refractivity contribution >= 4 is 35.1 Å². The van der Waals surface area contributed by atoms with E-state index in [-0.39, 0.29) is 30.1 Å². The van der Waals surface area contributed by atoms with E-state index in [0.717, 1.165) is 56.0 Å². The van der Waals surface area contributed by atoms with Crippen molar-refractivity contribution in [3.8, 4) is 5.75 Å². The first-order chi connectivity index (χ1) is 20.2. The van der Waals surface area contributed by atoms with Crippen LogP contribution in [-0.2, 0) is 9.59 Å². The van der Waals surface area contributed by atoms with Gasteiger partial charge >= 0.3 is 0 Å². The van der Waals surface area contributed by atoms with E-state index in [2.05, 4.69) is 33.9 Å². The lowest BCUT2D eigenvalue weighted by molar-refractivity contribution is -0.136. The Morgan fingerprint density at radius 2 is 1.76 bits per heavy atom. The molecule has 2 aromatic rings. The number of imide groups is 2. The van der Waals surface area contributed by atoms with Gasteiger partial charge < -0.3 is 15.4 Å². The van der Waals surface area contributed by atoms with Crippen LogP contribution in [0.3, 0.4) is 0 Å². The predicted molar refractivity (Wildman–Crippen MR) is 156 cm³/mol. The van der Waals surface area contributed by atoms with Crippen LogP contribution in [0.5, 0.6) is 5.75 Å². The van der Waals surface area contributed by atoms with Gasteiger partial charge in [-0.1, -0.05) is 0 Å². The highest BCUT2D eigenvalue weighted by molar-refractivity contribution is 6.23. The quantitative estimate of drug-likeness (QED) is 0.456. The van der Waals surface area contributed by atoms with E-state index in [9.17, 15) is 19.2 Å². The molecule has 0 spiro atoms. The van der Waals surface area contributed by atoms with Crippen molar-refractivity contribution < 1.29 is 23.9 Å². The lowest BCUT2D eigenvalue weighted by atomic mass is 9.85. The molecular formula is C31H38N6O5. The first kappa shape index (κ1) is 28.1. The monoisotopic (exact) mass is 574 g/mol. The zero-order chi connectivity index (χ0) is 29.5. The topological polar surface area (TPSA) is 138 Å². The van der Waals surface area contributed by atoms with Gasteiger partial charge in [-0.25, -0.2) is 4.98 Å². The van der Waals surface area contributed by atoms with Gasteiger partial charge in [-0.05, 0) is 69.4 Å². The number of benzene rings is 1. The summed E-state index contributed by atoms with van der Waals surface area (Å²) in [5.74, 6) is 0.123. The molecule has 1 aliphatic carbocycles. The molecule has 42 heavy (non-hydrogen) atoms. The minimum Gasteiger partial charge on any atom is -0.490 e. The van der Waals surface area contributed by atoms with E-state index < -0.39 is 29.7 Å². The number of nitrogens with one attached hydrogen (secondary N) is 1. The third kappa shape index (κ3) is 5.45. The third-order valence-corrected chi connectivity index (χ3v) is 9.09. The maximum atomic E-state index is 13.1. The van der Waals surface area contributed by atoms with Crippen LogP contribution in [0.4, 0.5) is 11.5 Å². The number of anilines is 2. The highest BCUT2D eigenvalue weighted by Crippen LogP contribution is 2.35. The molecule has 11 heteroatoms. The average molecular weight is 575 g/mol. The number of carbonyl (C=O) groups excluding carboxylic acids is 4. The van der Waals surface area contributed by atoms with Crippen molar-refractivity contribution in [1.29, 1.82) is 0 Å². The lowest BCUT2D eigenvalue weighted by Gasteiger charge is -2.46. The van der Waals surface area contributed by atoms with Gasteiger partial charge in [0.25, 0.3) is 11.8 Å². The minimum absolute atomic E-state index is 0.0335. The molecule has 1 aromatic heterocycles. The van der Waals surface area contributed by atoms with Crippen LogP contribution in [0.25, 0.3) is 0 Å². The number of nitrogens with zero attached hydrogens (tertiary/aromatic N) is 4. The fraction of sp³-hybridized carbons (Fsp3) is 0.516. The van der Waals surface area contributed by atoms with Crippen molar-refractivity contribution in [3.05, 3.63) is 47.7 Å². The van der Waals surface area contributed by atoms with Crippen LogP contribution in [-0.4, -0.2) is 82.3 Å². The fourth-order valence-corrected chi connectivity index (χ4v) is 6.63. The van der Waals surface area contributed by atoms with E-state index >= 15 is 0 Å². The van der Waals surface area contributed by atoms with Crippen molar-refractivity contribution in [3.63, 3.8) is 0 Å². The molecule has 1 unspecified atom stereocenters. The minimum atomic E-state index is -0.976. The number of hydrogen-bond acceptors (Lipinski definition) is 9. The first-order valence-electron chi connectivity index (χ1n) is 14.9. The number of nitrogens with two attached hydrogens (primary N) is 1. The number of ether oxygens (including phenoxy) is 1. The van der Waals surface area contributed by atoms with Crippen LogP contribution in [0.1, 0.15) is 73.1 Å². The van der Waals surface area contributed by atoms with Crippen LogP contribution in [0.2, 0.25) is 0 Å². The number of piperidine rings is 2. The summed E-state index contributed by atoms with van der Waals surface area (Å²) in [6.45, 7) is 7.54. The second-order valence-corrected chi connectivity index (χ2v) is 12.2. The SMILES string of the molecule is CC(C)N(CC1CCN(c2ccc(N)cn2)CC1)[C@H]1C[C@H](Oc2ccc3c(c2)C(=O)N(C2CCC(=O)NC2=O)C3=O)C1. The number of aromatic nitrogens is 1. The number of amides is 4. The van der Waals surface area contributed by atoms with Gasteiger partial charge in [0, 0.05) is 51.0 Å². The molecule has 6 rings (SSSR count). The zero-order valence-electron chi connectivity index (χ0n) is 24.1.